The fourth-order valence-corrected chi connectivity index (χ4v) is 1.52. The summed E-state index contributed by atoms with van der Waals surface area (Å²) in [6.45, 7) is 1.71. The van der Waals surface area contributed by atoms with Gasteiger partial charge in [0.25, 0.3) is 6.43 Å². The van der Waals surface area contributed by atoms with Gasteiger partial charge < -0.3 is 0 Å². The SMILES string of the molecule is CSc1ccc(C(F)F)c(C)c1. The van der Waals surface area contributed by atoms with Crippen LogP contribution in [0.5, 0.6) is 0 Å². The molecule has 0 aliphatic heterocycles. The van der Waals surface area contributed by atoms with Crippen LogP contribution < -0.4 is 0 Å². The Morgan fingerprint density at radius 1 is 1.33 bits per heavy atom. The van der Waals surface area contributed by atoms with Crippen molar-refractivity contribution in [3.63, 3.8) is 0 Å². The topological polar surface area (TPSA) is 0 Å². The number of hydrogen-bond acceptors (Lipinski definition) is 1. The molecule has 0 atom stereocenters. The first-order valence-corrected chi connectivity index (χ1v) is 4.80. The fraction of sp³-hybridized carbons (Fsp3) is 0.333. The zero-order valence-electron chi connectivity index (χ0n) is 6.97. The van der Waals surface area contributed by atoms with Crippen LogP contribution in [0.3, 0.4) is 0 Å². The quantitative estimate of drug-likeness (QED) is 0.638. The first kappa shape index (κ1) is 9.52. The number of benzene rings is 1. The van der Waals surface area contributed by atoms with Gasteiger partial charge in [-0.1, -0.05) is 6.07 Å². The predicted octanol–water partition coefficient (Wildman–Crippen LogP) is 3.65. The minimum atomic E-state index is -2.36. The molecule has 0 heterocycles. The highest BCUT2D eigenvalue weighted by molar-refractivity contribution is 7.98. The lowest BCUT2D eigenvalue weighted by Crippen LogP contribution is -1.88. The average Bonchev–Trinajstić information content (AvgIpc) is 2.03. The second-order valence-electron chi connectivity index (χ2n) is 2.52. The van der Waals surface area contributed by atoms with Crippen molar-refractivity contribution >= 4 is 11.8 Å². The van der Waals surface area contributed by atoms with Gasteiger partial charge in [-0.05, 0) is 30.9 Å². The van der Waals surface area contributed by atoms with E-state index in [-0.39, 0.29) is 5.56 Å². The standard InChI is InChI=1S/C9H10F2S/c1-6-5-7(12-2)3-4-8(6)9(10)11/h3-5,9H,1-2H3. The molecule has 1 aromatic rings. The van der Waals surface area contributed by atoms with E-state index >= 15 is 0 Å². The summed E-state index contributed by atoms with van der Waals surface area (Å²) < 4.78 is 24.5. The molecule has 1 rings (SSSR count). The molecule has 3 heteroatoms. The van der Waals surface area contributed by atoms with E-state index in [2.05, 4.69) is 0 Å². The highest BCUT2D eigenvalue weighted by Crippen LogP contribution is 2.25. The molecule has 0 aromatic heterocycles. The minimum Gasteiger partial charge on any atom is -0.205 e. The molecule has 0 radical (unpaired) electrons. The van der Waals surface area contributed by atoms with Gasteiger partial charge in [0, 0.05) is 10.5 Å². The van der Waals surface area contributed by atoms with Gasteiger partial charge in [0.15, 0.2) is 0 Å². The van der Waals surface area contributed by atoms with Crippen LogP contribution >= 0.6 is 11.8 Å². The minimum absolute atomic E-state index is 0.132. The molecule has 1 aromatic carbocycles. The van der Waals surface area contributed by atoms with Crippen molar-refractivity contribution in [3.8, 4) is 0 Å². The Morgan fingerprint density at radius 3 is 2.42 bits per heavy atom. The lowest BCUT2D eigenvalue weighted by Gasteiger charge is -2.05. The third kappa shape index (κ3) is 1.97. The van der Waals surface area contributed by atoms with E-state index < -0.39 is 6.43 Å². The average molecular weight is 188 g/mol. The lowest BCUT2D eigenvalue weighted by atomic mass is 10.1. The molecular weight excluding hydrogens is 178 g/mol. The molecule has 66 valence electrons. The van der Waals surface area contributed by atoms with Crippen LogP contribution in [0.4, 0.5) is 8.78 Å². The Labute approximate surface area is 75.0 Å². The van der Waals surface area contributed by atoms with E-state index in [0.717, 1.165) is 4.90 Å². The van der Waals surface area contributed by atoms with Crippen LogP contribution in [-0.2, 0) is 0 Å². The number of thioether (sulfide) groups is 1. The first-order valence-electron chi connectivity index (χ1n) is 3.58. The van der Waals surface area contributed by atoms with Crippen molar-refractivity contribution in [2.75, 3.05) is 6.26 Å². The maximum absolute atomic E-state index is 12.3. The van der Waals surface area contributed by atoms with Crippen LogP contribution in [0.2, 0.25) is 0 Å². The summed E-state index contributed by atoms with van der Waals surface area (Å²) in [6.07, 6.45) is -0.433. The van der Waals surface area contributed by atoms with Gasteiger partial charge in [-0.3, -0.25) is 0 Å². The van der Waals surface area contributed by atoms with Gasteiger partial charge in [-0.2, -0.15) is 0 Å². The molecule has 0 saturated carbocycles. The Hall–Kier alpha value is -0.570. The van der Waals surface area contributed by atoms with Crippen molar-refractivity contribution in [2.45, 2.75) is 18.2 Å². The second-order valence-corrected chi connectivity index (χ2v) is 3.40. The van der Waals surface area contributed by atoms with Crippen LogP contribution in [0.15, 0.2) is 23.1 Å². The van der Waals surface area contributed by atoms with Crippen LogP contribution in [0.25, 0.3) is 0 Å². The molecule has 12 heavy (non-hydrogen) atoms. The molecule has 0 aliphatic carbocycles. The van der Waals surface area contributed by atoms with Crippen molar-refractivity contribution in [2.24, 2.45) is 0 Å². The number of halogens is 2. The molecule has 0 aliphatic rings. The van der Waals surface area contributed by atoms with E-state index in [4.69, 9.17) is 0 Å². The molecule has 0 N–H and O–H groups in total. The van der Waals surface area contributed by atoms with Crippen molar-refractivity contribution in [3.05, 3.63) is 29.3 Å². The van der Waals surface area contributed by atoms with E-state index in [1.807, 2.05) is 6.26 Å². The van der Waals surface area contributed by atoms with Gasteiger partial charge in [0.05, 0.1) is 0 Å². The van der Waals surface area contributed by atoms with Gasteiger partial charge in [-0.15, -0.1) is 11.8 Å². The van der Waals surface area contributed by atoms with E-state index in [1.54, 1.807) is 30.8 Å². The van der Waals surface area contributed by atoms with Crippen molar-refractivity contribution < 1.29 is 8.78 Å². The van der Waals surface area contributed by atoms with Crippen molar-refractivity contribution in [1.29, 1.82) is 0 Å². The summed E-state index contributed by atoms with van der Waals surface area (Å²) in [4.78, 5) is 1.02. The Balaban J connectivity index is 3.03. The summed E-state index contributed by atoms with van der Waals surface area (Å²) in [5.41, 5.74) is 0.796. The maximum Gasteiger partial charge on any atom is 0.264 e. The molecule has 0 amide bonds. The van der Waals surface area contributed by atoms with Crippen LogP contribution in [-0.4, -0.2) is 6.26 Å². The first-order chi connectivity index (χ1) is 5.65. The number of rotatable bonds is 2. The zero-order valence-corrected chi connectivity index (χ0v) is 7.79. The van der Waals surface area contributed by atoms with Gasteiger partial charge in [0.1, 0.15) is 0 Å². The molecule has 0 saturated heterocycles. The number of alkyl halides is 2. The fourth-order valence-electron chi connectivity index (χ4n) is 1.02. The largest absolute Gasteiger partial charge is 0.264 e. The number of aryl methyl sites for hydroxylation is 1. The molecule has 0 unspecified atom stereocenters. The van der Waals surface area contributed by atoms with E-state index in [0.29, 0.717) is 5.56 Å². The molecule has 0 bridgehead atoms. The highest BCUT2D eigenvalue weighted by atomic mass is 32.2. The van der Waals surface area contributed by atoms with Gasteiger partial charge in [-0.25, -0.2) is 8.78 Å². The molecule has 0 spiro atoms. The Morgan fingerprint density at radius 2 is 2.00 bits per heavy atom. The van der Waals surface area contributed by atoms with Gasteiger partial charge >= 0.3 is 0 Å². The normalized spacial score (nSPS) is 10.8. The molecular formula is C9H10F2S. The summed E-state index contributed by atoms with van der Waals surface area (Å²) >= 11 is 1.56. The lowest BCUT2D eigenvalue weighted by molar-refractivity contribution is 0.150. The predicted molar refractivity (Wildman–Crippen MR) is 47.9 cm³/mol. The summed E-state index contributed by atoms with van der Waals surface area (Å²) in [6, 6.07) is 5.00. The second kappa shape index (κ2) is 3.90. The third-order valence-electron chi connectivity index (χ3n) is 1.71. The molecule has 0 fully saturated rings. The van der Waals surface area contributed by atoms with Crippen LogP contribution in [0, 0.1) is 6.92 Å². The monoisotopic (exact) mass is 188 g/mol. The molecule has 0 nitrogen and oxygen atoms in total. The summed E-state index contributed by atoms with van der Waals surface area (Å²) in [5, 5.41) is 0. The Kier molecular flexibility index (Phi) is 3.09. The van der Waals surface area contributed by atoms with E-state index in [9.17, 15) is 8.78 Å². The highest BCUT2D eigenvalue weighted by Gasteiger charge is 2.09. The number of hydrogen-bond donors (Lipinski definition) is 0. The smallest absolute Gasteiger partial charge is 0.205 e. The maximum atomic E-state index is 12.3. The zero-order chi connectivity index (χ0) is 9.14. The van der Waals surface area contributed by atoms with E-state index in [1.165, 1.54) is 6.07 Å². The van der Waals surface area contributed by atoms with Gasteiger partial charge in [0.2, 0.25) is 0 Å². The summed E-state index contributed by atoms with van der Waals surface area (Å²) in [7, 11) is 0. The van der Waals surface area contributed by atoms with Crippen LogP contribution in [0.1, 0.15) is 17.6 Å². The summed E-state index contributed by atoms with van der Waals surface area (Å²) in [5.74, 6) is 0. The third-order valence-corrected chi connectivity index (χ3v) is 2.44. The Bertz CT molecular complexity index is 271. The van der Waals surface area contributed by atoms with Crippen molar-refractivity contribution in [1.82, 2.24) is 0 Å².